The number of piperazine rings is 1. The van der Waals surface area contributed by atoms with E-state index in [2.05, 4.69) is 5.32 Å². The molecule has 3 rings (SSSR count). The van der Waals surface area contributed by atoms with Gasteiger partial charge in [-0.15, -0.1) is 0 Å². The number of anilines is 1. The second kappa shape index (κ2) is 8.38. The van der Waals surface area contributed by atoms with Crippen molar-refractivity contribution in [1.29, 1.82) is 0 Å². The van der Waals surface area contributed by atoms with Crippen molar-refractivity contribution < 1.29 is 18.7 Å². The first-order valence-corrected chi connectivity index (χ1v) is 8.83. The van der Waals surface area contributed by atoms with Crippen molar-refractivity contribution in [2.24, 2.45) is 0 Å². The highest BCUT2D eigenvalue weighted by Crippen LogP contribution is 2.27. The van der Waals surface area contributed by atoms with Crippen LogP contribution in [0.15, 0.2) is 42.5 Å². The van der Waals surface area contributed by atoms with Crippen molar-refractivity contribution in [2.45, 2.75) is 13.2 Å². The lowest BCUT2D eigenvalue weighted by atomic mass is 10.1. The van der Waals surface area contributed by atoms with Gasteiger partial charge in [-0.2, -0.15) is 0 Å². The fourth-order valence-electron chi connectivity index (χ4n) is 2.80. The van der Waals surface area contributed by atoms with E-state index in [1.165, 1.54) is 6.07 Å². The molecule has 2 aromatic rings. The van der Waals surface area contributed by atoms with Gasteiger partial charge in [0.15, 0.2) is 17.8 Å². The Morgan fingerprint density at radius 3 is 2.81 bits per heavy atom. The summed E-state index contributed by atoms with van der Waals surface area (Å²) in [6, 6.07) is 11.8. The molecule has 0 aliphatic carbocycles. The Morgan fingerprint density at radius 1 is 1.31 bits per heavy atom. The van der Waals surface area contributed by atoms with Crippen molar-refractivity contribution in [1.82, 2.24) is 5.32 Å². The summed E-state index contributed by atoms with van der Waals surface area (Å²) in [7, 11) is 0. The van der Waals surface area contributed by atoms with Crippen LogP contribution in [0.4, 0.5) is 10.1 Å². The first kappa shape index (κ1) is 18.5. The highest BCUT2D eigenvalue weighted by molar-refractivity contribution is 6.30. The minimum Gasteiger partial charge on any atom is -0.466 e. The number of carbonyl (C=O) groups excluding carboxylic acids is 1. The molecule has 0 saturated carbocycles. The van der Waals surface area contributed by atoms with Gasteiger partial charge in [-0.3, -0.25) is 0 Å². The molecule has 1 heterocycles. The molecule has 0 bridgehead atoms. The van der Waals surface area contributed by atoms with E-state index in [1.807, 2.05) is 17.0 Å². The quantitative estimate of drug-likeness (QED) is 0.807. The maximum Gasteiger partial charge on any atom is 0.338 e. The van der Waals surface area contributed by atoms with Crippen molar-refractivity contribution in [2.75, 3.05) is 31.1 Å². The third-order valence-corrected chi connectivity index (χ3v) is 4.38. The van der Waals surface area contributed by atoms with Crippen molar-refractivity contribution in [3.05, 3.63) is 58.9 Å². The molecular weight excluding hydrogens is 359 g/mol. The fraction of sp³-hybridized carbons (Fsp3) is 0.316. The Morgan fingerprint density at radius 2 is 2.08 bits per heavy atom. The first-order chi connectivity index (χ1) is 12.6. The van der Waals surface area contributed by atoms with Crippen LogP contribution in [-0.2, 0) is 4.74 Å². The summed E-state index contributed by atoms with van der Waals surface area (Å²) >= 11 is 5.83. The Kier molecular flexibility index (Phi) is 5.96. The lowest BCUT2D eigenvalue weighted by molar-refractivity contribution is 0.0526. The number of halogens is 2. The molecule has 1 aliphatic heterocycles. The lowest BCUT2D eigenvalue weighted by Crippen LogP contribution is -2.54. The summed E-state index contributed by atoms with van der Waals surface area (Å²) in [5.41, 5.74) is 1.37. The van der Waals surface area contributed by atoms with Gasteiger partial charge in [0.05, 0.1) is 23.7 Å². The number of hydrogen-bond donors (Lipinski definition) is 1. The summed E-state index contributed by atoms with van der Waals surface area (Å²) in [5, 5.41) is 3.26. The molecule has 5 nitrogen and oxygen atoms in total. The largest absolute Gasteiger partial charge is 0.466 e. The molecule has 1 fully saturated rings. The minimum absolute atomic E-state index is 0.0246. The minimum atomic E-state index is -0.572. The van der Waals surface area contributed by atoms with E-state index in [1.54, 1.807) is 31.2 Å². The molecule has 0 spiro atoms. The third kappa shape index (κ3) is 4.08. The topological polar surface area (TPSA) is 50.8 Å². The summed E-state index contributed by atoms with van der Waals surface area (Å²) < 4.78 is 25.0. The van der Waals surface area contributed by atoms with Crippen LogP contribution in [0.25, 0.3) is 0 Å². The van der Waals surface area contributed by atoms with Gasteiger partial charge < -0.3 is 19.7 Å². The molecule has 1 N–H and O–H groups in total. The standard InChI is InChI=1S/C19H20ClFN2O3/c1-2-25-19(24)13-6-8-14(9-7-13)23-11-10-22-12-17(23)26-16-5-3-4-15(20)18(16)21/h3-9,17,22H,2,10-12H2,1H3. The average molecular weight is 379 g/mol. The van der Waals surface area contributed by atoms with Gasteiger partial charge in [-0.25, -0.2) is 9.18 Å². The van der Waals surface area contributed by atoms with Crippen molar-refractivity contribution in [3.63, 3.8) is 0 Å². The van der Waals surface area contributed by atoms with Gasteiger partial charge in [0.2, 0.25) is 0 Å². The van der Waals surface area contributed by atoms with Crippen LogP contribution in [0.2, 0.25) is 5.02 Å². The predicted molar refractivity (Wildman–Crippen MR) is 98.4 cm³/mol. The monoisotopic (exact) mass is 378 g/mol. The van der Waals surface area contributed by atoms with Gasteiger partial charge in [0, 0.05) is 18.8 Å². The second-order valence-corrected chi connectivity index (χ2v) is 6.20. The number of rotatable bonds is 5. The van der Waals surface area contributed by atoms with Crippen molar-refractivity contribution in [3.8, 4) is 5.75 Å². The molecule has 1 aliphatic rings. The van der Waals surface area contributed by atoms with Crippen LogP contribution in [0.3, 0.4) is 0 Å². The van der Waals surface area contributed by atoms with E-state index < -0.39 is 12.0 Å². The molecule has 1 saturated heterocycles. The molecule has 138 valence electrons. The van der Waals surface area contributed by atoms with E-state index in [9.17, 15) is 9.18 Å². The maximum atomic E-state index is 14.2. The van der Waals surface area contributed by atoms with Crippen LogP contribution >= 0.6 is 11.6 Å². The summed E-state index contributed by atoms with van der Waals surface area (Å²) in [6.45, 7) is 4.10. The van der Waals surface area contributed by atoms with Crippen LogP contribution in [0.1, 0.15) is 17.3 Å². The number of esters is 1. The lowest BCUT2D eigenvalue weighted by Gasteiger charge is -2.37. The zero-order valence-electron chi connectivity index (χ0n) is 14.4. The molecule has 1 unspecified atom stereocenters. The summed E-state index contributed by atoms with van der Waals surface area (Å²) in [4.78, 5) is 13.8. The molecule has 26 heavy (non-hydrogen) atoms. The van der Waals surface area contributed by atoms with E-state index in [0.717, 1.165) is 12.2 Å². The maximum absolute atomic E-state index is 14.2. The van der Waals surface area contributed by atoms with Gasteiger partial charge in [0.1, 0.15) is 0 Å². The number of hydrogen-bond acceptors (Lipinski definition) is 5. The van der Waals surface area contributed by atoms with Crippen molar-refractivity contribution >= 4 is 23.3 Å². The molecular formula is C19H20ClFN2O3. The zero-order valence-corrected chi connectivity index (χ0v) is 15.1. The normalized spacial score (nSPS) is 17.0. The van der Waals surface area contributed by atoms with Crippen LogP contribution < -0.4 is 15.0 Å². The smallest absolute Gasteiger partial charge is 0.338 e. The Labute approximate surface area is 156 Å². The SMILES string of the molecule is CCOC(=O)c1ccc(N2CCNCC2Oc2cccc(Cl)c2F)cc1. The number of nitrogens with one attached hydrogen (secondary N) is 1. The van der Waals surface area contributed by atoms with Gasteiger partial charge in [0.25, 0.3) is 0 Å². The molecule has 2 aromatic carbocycles. The first-order valence-electron chi connectivity index (χ1n) is 8.45. The average Bonchev–Trinajstić information content (AvgIpc) is 2.66. The highest BCUT2D eigenvalue weighted by atomic mass is 35.5. The Balaban J connectivity index is 1.78. The Bertz CT molecular complexity index is 770. The van der Waals surface area contributed by atoms with E-state index in [4.69, 9.17) is 21.1 Å². The summed E-state index contributed by atoms with van der Waals surface area (Å²) in [6.07, 6.45) is -0.398. The number of carbonyl (C=O) groups is 1. The molecule has 0 radical (unpaired) electrons. The fourth-order valence-corrected chi connectivity index (χ4v) is 2.97. The van der Waals surface area contributed by atoms with Crippen LogP contribution in [0.5, 0.6) is 5.75 Å². The molecule has 0 amide bonds. The number of benzene rings is 2. The third-order valence-electron chi connectivity index (χ3n) is 4.09. The highest BCUT2D eigenvalue weighted by Gasteiger charge is 2.25. The van der Waals surface area contributed by atoms with E-state index >= 15 is 0 Å². The van der Waals surface area contributed by atoms with Gasteiger partial charge >= 0.3 is 5.97 Å². The zero-order chi connectivity index (χ0) is 18.5. The molecule has 1 atom stereocenters. The van der Waals surface area contributed by atoms with Crippen LogP contribution in [-0.4, -0.2) is 38.4 Å². The number of ether oxygens (including phenoxy) is 2. The summed E-state index contributed by atoms with van der Waals surface area (Å²) in [5.74, 6) is -0.815. The van der Waals surface area contributed by atoms with E-state index in [-0.39, 0.29) is 16.7 Å². The van der Waals surface area contributed by atoms with Gasteiger partial charge in [-0.1, -0.05) is 17.7 Å². The predicted octanol–water partition coefficient (Wildman–Crippen LogP) is 3.47. The Hall–Kier alpha value is -2.31. The van der Waals surface area contributed by atoms with E-state index in [0.29, 0.717) is 25.3 Å². The molecule has 0 aromatic heterocycles. The second-order valence-electron chi connectivity index (χ2n) is 5.79. The van der Waals surface area contributed by atoms with Gasteiger partial charge in [-0.05, 0) is 43.3 Å². The number of nitrogens with zero attached hydrogens (tertiary/aromatic N) is 1. The molecule has 7 heteroatoms. The van der Waals surface area contributed by atoms with Crippen LogP contribution in [0, 0.1) is 5.82 Å².